The lowest BCUT2D eigenvalue weighted by Crippen LogP contribution is -2.12. The molecule has 19 heavy (non-hydrogen) atoms. The lowest BCUT2D eigenvalue weighted by molar-refractivity contribution is 0.0992. The summed E-state index contributed by atoms with van der Waals surface area (Å²) in [6.07, 6.45) is 2.12. The highest BCUT2D eigenvalue weighted by Crippen LogP contribution is 1.98. The number of rotatable bonds is 4. The lowest BCUT2D eigenvalue weighted by Gasteiger charge is -2.01. The first-order valence-corrected chi connectivity index (χ1v) is 5.61. The number of hydrogen-bond donors (Lipinski definition) is 3. The molecule has 0 radical (unpaired) electrons. The van der Waals surface area contributed by atoms with Gasteiger partial charge in [-0.25, -0.2) is 4.99 Å². The Morgan fingerprint density at radius 2 is 2.37 bits per heavy atom. The zero-order chi connectivity index (χ0) is 14.3. The zero-order valence-corrected chi connectivity index (χ0v) is 10.8. The van der Waals surface area contributed by atoms with Crippen molar-refractivity contribution in [2.24, 2.45) is 4.99 Å². The Balaban J connectivity index is 2.81. The molecule has 1 aromatic rings. The molecule has 7 heteroatoms. The summed E-state index contributed by atoms with van der Waals surface area (Å²) in [5, 5.41) is 17.7. The van der Waals surface area contributed by atoms with Crippen molar-refractivity contribution in [3.63, 3.8) is 0 Å². The first-order valence-electron chi connectivity index (χ1n) is 5.61. The quantitative estimate of drug-likeness (QED) is 0.371. The van der Waals surface area contributed by atoms with E-state index in [1.54, 1.807) is 19.0 Å². The summed E-state index contributed by atoms with van der Waals surface area (Å²) < 4.78 is 0. The van der Waals surface area contributed by atoms with E-state index in [4.69, 9.17) is 10.2 Å². The van der Waals surface area contributed by atoms with Gasteiger partial charge in [-0.15, -0.1) is 0 Å². The van der Waals surface area contributed by atoms with Gasteiger partial charge in [0, 0.05) is 26.7 Å². The van der Waals surface area contributed by atoms with E-state index < -0.39 is 11.7 Å². The number of aromatic amines is 1. The van der Waals surface area contributed by atoms with Crippen molar-refractivity contribution in [3.8, 4) is 11.8 Å². The van der Waals surface area contributed by atoms with Crippen LogP contribution in [0.3, 0.4) is 0 Å². The van der Waals surface area contributed by atoms with Crippen molar-refractivity contribution in [3.05, 3.63) is 22.1 Å². The van der Waals surface area contributed by atoms with Crippen molar-refractivity contribution in [1.29, 1.82) is 0 Å². The minimum Gasteiger partial charge on any atom is -0.394 e. The van der Waals surface area contributed by atoms with Crippen LogP contribution in [0.4, 0.5) is 5.95 Å². The van der Waals surface area contributed by atoms with Gasteiger partial charge in [-0.05, 0) is 0 Å². The summed E-state index contributed by atoms with van der Waals surface area (Å²) in [7, 11) is 3.60. The highest BCUT2D eigenvalue weighted by molar-refractivity contribution is 5.57. The Morgan fingerprint density at radius 3 is 2.95 bits per heavy atom. The third-order valence-electron chi connectivity index (χ3n) is 1.97. The van der Waals surface area contributed by atoms with Gasteiger partial charge in [0.05, 0.1) is 19.0 Å². The summed E-state index contributed by atoms with van der Waals surface area (Å²) >= 11 is 0. The smallest absolute Gasteiger partial charge is 0.290 e. The van der Waals surface area contributed by atoms with Crippen LogP contribution in [0, 0.1) is 11.8 Å². The number of nitrogens with zero attached hydrogens (tertiary/aromatic N) is 3. The Hall–Kier alpha value is -2.17. The Kier molecular flexibility index (Phi) is 5.73. The van der Waals surface area contributed by atoms with E-state index >= 15 is 0 Å². The molecule has 1 atom stereocenters. The van der Waals surface area contributed by atoms with Crippen LogP contribution in [0.15, 0.2) is 16.0 Å². The number of nitrogens with one attached hydrogen (secondary N) is 1. The highest BCUT2D eigenvalue weighted by atomic mass is 16.3. The van der Waals surface area contributed by atoms with Gasteiger partial charge in [-0.1, -0.05) is 11.8 Å². The standard InChI is InChI=1S/C12H16N4O3/c1-16(2)8-14-12-13-6-9(11(19)15-12)4-3-5-10(18)7-17/h6,8,10,17-18H,5,7H2,1-2H3,(H,13,15,19). The molecule has 0 aliphatic rings. The van der Waals surface area contributed by atoms with Crippen molar-refractivity contribution in [1.82, 2.24) is 14.9 Å². The summed E-state index contributed by atoms with van der Waals surface area (Å²) in [5.74, 6) is 5.37. The van der Waals surface area contributed by atoms with E-state index in [1.165, 1.54) is 12.5 Å². The molecule has 0 aromatic carbocycles. The molecule has 1 rings (SSSR count). The molecule has 0 fully saturated rings. The monoisotopic (exact) mass is 264 g/mol. The van der Waals surface area contributed by atoms with Gasteiger partial charge in [0.25, 0.3) is 5.56 Å². The second-order valence-electron chi connectivity index (χ2n) is 3.99. The molecule has 1 unspecified atom stereocenters. The Labute approximate surface area is 110 Å². The Morgan fingerprint density at radius 1 is 1.63 bits per heavy atom. The molecule has 0 aliphatic heterocycles. The second kappa shape index (κ2) is 7.31. The topological polar surface area (TPSA) is 102 Å². The number of H-pyrrole nitrogens is 1. The minimum atomic E-state index is -0.900. The van der Waals surface area contributed by atoms with Gasteiger partial charge in [-0.2, -0.15) is 4.98 Å². The molecule has 1 heterocycles. The first kappa shape index (κ1) is 14.9. The van der Waals surface area contributed by atoms with Crippen LogP contribution in [-0.2, 0) is 0 Å². The van der Waals surface area contributed by atoms with E-state index in [2.05, 4.69) is 26.8 Å². The average Bonchev–Trinajstić information content (AvgIpc) is 2.38. The van der Waals surface area contributed by atoms with Crippen LogP contribution in [-0.4, -0.2) is 58.2 Å². The molecule has 0 spiro atoms. The first-order chi connectivity index (χ1) is 9.02. The molecule has 0 bridgehead atoms. The number of aliphatic hydroxyl groups is 2. The summed E-state index contributed by atoms with van der Waals surface area (Å²) in [4.78, 5) is 23.7. The molecular formula is C12H16N4O3. The highest BCUT2D eigenvalue weighted by Gasteiger charge is 2.00. The number of aliphatic hydroxyl groups excluding tert-OH is 2. The fourth-order valence-corrected chi connectivity index (χ4v) is 1.04. The average molecular weight is 264 g/mol. The van der Waals surface area contributed by atoms with Crippen LogP contribution in [0.1, 0.15) is 12.0 Å². The molecule has 102 valence electrons. The minimum absolute atomic E-state index is 0.0937. The SMILES string of the molecule is CN(C)C=Nc1nc(=O)c(C#CCC(O)CO)c[nH]1. The van der Waals surface area contributed by atoms with Gasteiger partial charge >= 0.3 is 0 Å². The van der Waals surface area contributed by atoms with E-state index in [-0.39, 0.29) is 24.5 Å². The van der Waals surface area contributed by atoms with Crippen LogP contribution < -0.4 is 5.56 Å². The van der Waals surface area contributed by atoms with Gasteiger partial charge in [0.2, 0.25) is 5.95 Å². The molecule has 3 N–H and O–H groups in total. The van der Waals surface area contributed by atoms with Crippen molar-refractivity contribution in [2.45, 2.75) is 12.5 Å². The summed E-state index contributed by atoms with van der Waals surface area (Å²) in [6, 6.07) is 0. The fraction of sp³-hybridized carbons (Fsp3) is 0.417. The molecular weight excluding hydrogens is 248 g/mol. The predicted molar refractivity (Wildman–Crippen MR) is 71.3 cm³/mol. The van der Waals surface area contributed by atoms with Crippen LogP contribution in [0.25, 0.3) is 0 Å². The van der Waals surface area contributed by atoms with Crippen molar-refractivity contribution < 1.29 is 10.2 Å². The number of aromatic nitrogens is 2. The zero-order valence-electron chi connectivity index (χ0n) is 10.8. The normalized spacial score (nSPS) is 12.0. The van der Waals surface area contributed by atoms with Crippen LogP contribution >= 0.6 is 0 Å². The lowest BCUT2D eigenvalue weighted by atomic mass is 10.2. The maximum Gasteiger partial charge on any atom is 0.290 e. The summed E-state index contributed by atoms with van der Waals surface area (Å²) in [5.41, 5.74) is -0.301. The molecule has 0 saturated heterocycles. The molecule has 1 aromatic heterocycles. The maximum absolute atomic E-state index is 11.6. The number of aliphatic imine (C=N–C) groups is 1. The molecule has 0 aliphatic carbocycles. The predicted octanol–water partition coefficient (Wildman–Crippen LogP) is -0.914. The van der Waals surface area contributed by atoms with Gasteiger partial charge in [0.1, 0.15) is 5.56 Å². The largest absolute Gasteiger partial charge is 0.394 e. The van der Waals surface area contributed by atoms with Gasteiger partial charge in [-0.3, -0.25) is 4.79 Å². The fourth-order valence-electron chi connectivity index (χ4n) is 1.04. The van der Waals surface area contributed by atoms with E-state index in [1.807, 2.05) is 0 Å². The number of hydrogen-bond acceptors (Lipinski definition) is 5. The van der Waals surface area contributed by atoms with Crippen LogP contribution in [0.5, 0.6) is 0 Å². The third-order valence-corrected chi connectivity index (χ3v) is 1.97. The second-order valence-corrected chi connectivity index (χ2v) is 3.99. The summed E-state index contributed by atoms with van der Waals surface area (Å²) in [6.45, 7) is -0.360. The Bertz CT molecular complexity index is 554. The molecule has 7 nitrogen and oxygen atoms in total. The third kappa shape index (κ3) is 5.33. The van der Waals surface area contributed by atoms with Crippen LogP contribution in [0.2, 0.25) is 0 Å². The van der Waals surface area contributed by atoms with Gasteiger partial charge in [0.15, 0.2) is 0 Å². The van der Waals surface area contributed by atoms with Gasteiger partial charge < -0.3 is 20.1 Å². The van der Waals surface area contributed by atoms with E-state index in [0.29, 0.717) is 0 Å². The van der Waals surface area contributed by atoms with E-state index in [9.17, 15) is 4.79 Å². The van der Waals surface area contributed by atoms with Crippen molar-refractivity contribution in [2.75, 3.05) is 20.7 Å². The molecule has 0 amide bonds. The van der Waals surface area contributed by atoms with E-state index in [0.717, 1.165) is 0 Å². The molecule has 0 saturated carbocycles. The maximum atomic E-state index is 11.6. The van der Waals surface area contributed by atoms with Crippen molar-refractivity contribution >= 4 is 12.3 Å².